The van der Waals surface area contributed by atoms with Crippen LogP contribution in [0.5, 0.6) is 0 Å². The zero-order chi connectivity index (χ0) is 16.1. The maximum atomic E-state index is 11.9. The summed E-state index contributed by atoms with van der Waals surface area (Å²) in [4.78, 5) is 22.0. The molecule has 0 heterocycles. The first kappa shape index (κ1) is 15.7. The molecule has 2 aromatic carbocycles. The summed E-state index contributed by atoms with van der Waals surface area (Å²) in [5, 5.41) is 13.8. The lowest BCUT2D eigenvalue weighted by Gasteiger charge is -2.06. The van der Waals surface area contributed by atoms with Crippen molar-refractivity contribution < 1.29 is 9.72 Å². The molecule has 0 atom stereocenters. The van der Waals surface area contributed by atoms with E-state index in [2.05, 4.69) is 5.32 Å². The van der Waals surface area contributed by atoms with Crippen LogP contribution in [0.2, 0.25) is 5.02 Å². The Morgan fingerprint density at radius 1 is 1.23 bits per heavy atom. The van der Waals surface area contributed by atoms with Gasteiger partial charge in [-0.25, -0.2) is 0 Å². The summed E-state index contributed by atoms with van der Waals surface area (Å²) in [6, 6.07) is 11.2. The highest BCUT2D eigenvalue weighted by Crippen LogP contribution is 2.20. The Bertz CT molecular complexity index is 740. The van der Waals surface area contributed by atoms with Crippen molar-refractivity contribution in [3.05, 3.63) is 74.8 Å². The number of carbonyl (C=O) groups is 1. The van der Waals surface area contributed by atoms with Crippen LogP contribution in [0, 0.1) is 17.0 Å². The molecule has 0 unspecified atom stereocenters. The Morgan fingerprint density at radius 2 is 1.91 bits per heavy atom. The van der Waals surface area contributed by atoms with Gasteiger partial charge in [0.15, 0.2) is 0 Å². The fourth-order valence-electron chi connectivity index (χ4n) is 1.78. The van der Waals surface area contributed by atoms with Crippen LogP contribution < -0.4 is 5.32 Å². The smallest absolute Gasteiger partial charge is 0.269 e. The quantitative estimate of drug-likeness (QED) is 0.521. The fourth-order valence-corrected chi connectivity index (χ4v) is 1.95. The molecule has 0 radical (unpaired) electrons. The molecule has 2 rings (SSSR count). The van der Waals surface area contributed by atoms with E-state index in [1.165, 1.54) is 18.2 Å². The maximum Gasteiger partial charge on any atom is 0.269 e. The van der Waals surface area contributed by atoms with Crippen molar-refractivity contribution in [1.29, 1.82) is 0 Å². The van der Waals surface area contributed by atoms with Crippen LogP contribution in [0.1, 0.15) is 11.1 Å². The second-order valence-electron chi connectivity index (χ2n) is 4.63. The minimum Gasteiger partial charge on any atom is -0.322 e. The van der Waals surface area contributed by atoms with Gasteiger partial charge in [-0.05, 0) is 48.4 Å². The molecular weight excluding hydrogens is 304 g/mol. The van der Waals surface area contributed by atoms with Gasteiger partial charge < -0.3 is 5.32 Å². The van der Waals surface area contributed by atoms with Crippen LogP contribution in [-0.4, -0.2) is 10.8 Å². The van der Waals surface area contributed by atoms with Gasteiger partial charge in [-0.15, -0.1) is 0 Å². The molecule has 1 amide bonds. The summed E-state index contributed by atoms with van der Waals surface area (Å²) in [5.41, 5.74) is 2.26. The highest BCUT2D eigenvalue weighted by atomic mass is 35.5. The van der Waals surface area contributed by atoms with E-state index >= 15 is 0 Å². The third kappa shape index (κ3) is 4.17. The number of nitro groups is 1. The van der Waals surface area contributed by atoms with Crippen molar-refractivity contribution in [3.8, 4) is 0 Å². The van der Waals surface area contributed by atoms with Gasteiger partial charge in [0.25, 0.3) is 5.69 Å². The Balaban J connectivity index is 2.05. The normalized spacial score (nSPS) is 10.6. The van der Waals surface area contributed by atoms with E-state index < -0.39 is 4.92 Å². The number of carbonyl (C=O) groups excluding carboxylic acids is 1. The Kier molecular flexibility index (Phi) is 4.91. The summed E-state index contributed by atoms with van der Waals surface area (Å²) in [5.74, 6) is -0.302. The molecule has 0 bridgehead atoms. The van der Waals surface area contributed by atoms with E-state index in [-0.39, 0.29) is 11.6 Å². The second kappa shape index (κ2) is 6.87. The lowest BCUT2D eigenvalue weighted by atomic mass is 10.2. The van der Waals surface area contributed by atoms with Crippen molar-refractivity contribution in [3.63, 3.8) is 0 Å². The molecule has 0 aromatic heterocycles. The molecule has 5 nitrogen and oxygen atoms in total. The van der Waals surface area contributed by atoms with Crippen LogP contribution >= 0.6 is 11.6 Å². The van der Waals surface area contributed by atoms with Crippen molar-refractivity contribution in [2.24, 2.45) is 0 Å². The predicted molar refractivity (Wildman–Crippen MR) is 86.9 cm³/mol. The zero-order valence-corrected chi connectivity index (χ0v) is 12.5. The number of nitrogens with one attached hydrogen (secondary N) is 1. The number of nitrogens with zero attached hydrogens (tertiary/aromatic N) is 1. The number of non-ortho nitro benzene ring substituents is 1. The van der Waals surface area contributed by atoms with Gasteiger partial charge in [-0.2, -0.15) is 0 Å². The van der Waals surface area contributed by atoms with E-state index in [0.717, 1.165) is 5.56 Å². The topological polar surface area (TPSA) is 72.2 Å². The van der Waals surface area contributed by atoms with Gasteiger partial charge in [0, 0.05) is 28.9 Å². The third-order valence-electron chi connectivity index (χ3n) is 2.99. The van der Waals surface area contributed by atoms with Gasteiger partial charge in [-0.3, -0.25) is 14.9 Å². The molecule has 0 saturated carbocycles. The predicted octanol–water partition coefficient (Wildman–Crippen LogP) is 4.21. The summed E-state index contributed by atoms with van der Waals surface area (Å²) in [6.45, 7) is 1.87. The standard InChI is InChI=1S/C16H13ClN2O3/c1-11-2-6-13(17)10-15(11)18-16(20)9-5-12-3-7-14(8-4-12)19(21)22/h2-10H,1H3,(H,18,20)/b9-5+. The van der Waals surface area contributed by atoms with E-state index in [9.17, 15) is 14.9 Å². The lowest BCUT2D eigenvalue weighted by molar-refractivity contribution is -0.384. The minimum absolute atomic E-state index is 0.0103. The average molecular weight is 317 g/mol. The Labute approximate surface area is 132 Å². The van der Waals surface area contributed by atoms with E-state index in [0.29, 0.717) is 16.3 Å². The number of nitro benzene ring substituents is 1. The number of rotatable bonds is 4. The lowest BCUT2D eigenvalue weighted by Crippen LogP contribution is -2.08. The van der Waals surface area contributed by atoms with Crippen molar-refractivity contribution >= 4 is 35.0 Å². The summed E-state index contributed by atoms with van der Waals surface area (Å²) in [6.07, 6.45) is 2.94. The van der Waals surface area contributed by atoms with Crippen LogP contribution in [0.4, 0.5) is 11.4 Å². The molecule has 0 saturated heterocycles. The third-order valence-corrected chi connectivity index (χ3v) is 3.22. The monoisotopic (exact) mass is 316 g/mol. The molecule has 0 spiro atoms. The number of hydrogen-bond donors (Lipinski definition) is 1. The summed E-state index contributed by atoms with van der Waals surface area (Å²) in [7, 11) is 0. The van der Waals surface area contributed by atoms with Gasteiger partial charge in [0.2, 0.25) is 5.91 Å². The Hall–Kier alpha value is -2.66. The van der Waals surface area contributed by atoms with Crippen LogP contribution in [0.3, 0.4) is 0 Å². The molecule has 112 valence electrons. The van der Waals surface area contributed by atoms with Gasteiger partial charge in [0.05, 0.1) is 4.92 Å². The molecule has 0 aliphatic heterocycles. The Morgan fingerprint density at radius 3 is 2.55 bits per heavy atom. The molecule has 1 N–H and O–H groups in total. The van der Waals surface area contributed by atoms with Crippen molar-refractivity contribution in [1.82, 2.24) is 0 Å². The second-order valence-corrected chi connectivity index (χ2v) is 5.07. The minimum atomic E-state index is -0.470. The first-order chi connectivity index (χ1) is 10.5. The number of benzene rings is 2. The average Bonchev–Trinajstić information content (AvgIpc) is 2.49. The number of amides is 1. The van der Waals surface area contributed by atoms with Crippen LogP contribution in [0.25, 0.3) is 6.08 Å². The van der Waals surface area contributed by atoms with Crippen molar-refractivity contribution in [2.75, 3.05) is 5.32 Å². The SMILES string of the molecule is Cc1ccc(Cl)cc1NC(=O)/C=C/c1ccc([N+](=O)[O-])cc1. The highest BCUT2D eigenvalue weighted by Gasteiger charge is 2.04. The molecule has 22 heavy (non-hydrogen) atoms. The molecule has 0 aliphatic carbocycles. The first-order valence-electron chi connectivity index (χ1n) is 6.45. The molecule has 0 aliphatic rings. The number of aryl methyl sites for hydroxylation is 1. The van der Waals surface area contributed by atoms with Crippen LogP contribution in [0.15, 0.2) is 48.5 Å². The van der Waals surface area contributed by atoms with Gasteiger partial charge >= 0.3 is 0 Å². The molecule has 6 heteroatoms. The van der Waals surface area contributed by atoms with E-state index in [1.807, 2.05) is 13.0 Å². The molecular formula is C16H13ClN2O3. The number of halogens is 1. The number of anilines is 1. The summed E-state index contributed by atoms with van der Waals surface area (Å²) >= 11 is 5.89. The fraction of sp³-hybridized carbons (Fsp3) is 0.0625. The van der Waals surface area contributed by atoms with E-state index in [1.54, 1.807) is 30.3 Å². The summed E-state index contributed by atoms with van der Waals surface area (Å²) < 4.78 is 0. The van der Waals surface area contributed by atoms with Gasteiger partial charge in [-0.1, -0.05) is 17.7 Å². The van der Waals surface area contributed by atoms with E-state index in [4.69, 9.17) is 11.6 Å². The zero-order valence-electron chi connectivity index (χ0n) is 11.7. The highest BCUT2D eigenvalue weighted by molar-refractivity contribution is 6.31. The van der Waals surface area contributed by atoms with Gasteiger partial charge in [0.1, 0.15) is 0 Å². The largest absolute Gasteiger partial charge is 0.322 e. The number of hydrogen-bond acceptors (Lipinski definition) is 3. The molecule has 2 aromatic rings. The maximum absolute atomic E-state index is 11.9. The van der Waals surface area contributed by atoms with Crippen LogP contribution in [-0.2, 0) is 4.79 Å². The molecule has 0 fully saturated rings. The first-order valence-corrected chi connectivity index (χ1v) is 6.83. The van der Waals surface area contributed by atoms with Crippen molar-refractivity contribution in [2.45, 2.75) is 6.92 Å².